The zero-order chi connectivity index (χ0) is 20.7. The van der Waals surface area contributed by atoms with Gasteiger partial charge in [-0.15, -0.1) is 0 Å². The topological polar surface area (TPSA) is 46.0 Å². The Kier molecular flexibility index (Phi) is 5.23. The maximum absolute atomic E-state index is 4.75. The number of hydrogen-bond acceptors (Lipinski definition) is 4. The third-order valence-electron chi connectivity index (χ3n) is 7.13. The van der Waals surface area contributed by atoms with Gasteiger partial charge < -0.3 is 9.88 Å². The van der Waals surface area contributed by atoms with E-state index in [1.807, 2.05) is 19.3 Å². The van der Waals surface area contributed by atoms with Crippen LogP contribution in [0.5, 0.6) is 0 Å². The van der Waals surface area contributed by atoms with Crippen molar-refractivity contribution in [1.82, 2.24) is 19.4 Å². The predicted molar refractivity (Wildman–Crippen MR) is 124 cm³/mol. The summed E-state index contributed by atoms with van der Waals surface area (Å²) < 4.78 is 2.14. The van der Waals surface area contributed by atoms with Gasteiger partial charge in [0, 0.05) is 42.8 Å². The third-order valence-corrected chi connectivity index (χ3v) is 7.13. The number of nitrogens with one attached hydrogen (secondary N) is 1. The molecule has 2 atom stereocenters. The zero-order valence-electron chi connectivity index (χ0n) is 18.4. The summed E-state index contributed by atoms with van der Waals surface area (Å²) in [6.45, 7) is 6.81. The second kappa shape index (κ2) is 8.03. The highest BCUT2D eigenvalue weighted by Gasteiger charge is 2.34. The molecule has 5 nitrogen and oxygen atoms in total. The Morgan fingerprint density at radius 1 is 1.07 bits per heavy atom. The molecule has 3 heterocycles. The molecular weight excluding hydrogens is 370 g/mol. The molecular formula is C25H33N5. The average molecular weight is 404 g/mol. The molecule has 1 aliphatic carbocycles. The molecule has 1 N–H and O–H groups in total. The minimum Gasteiger partial charge on any atom is -0.366 e. The third kappa shape index (κ3) is 3.95. The molecule has 5 heteroatoms. The lowest BCUT2D eigenvalue weighted by Gasteiger charge is -2.36. The number of piperidine rings is 1. The van der Waals surface area contributed by atoms with E-state index in [1.54, 1.807) is 0 Å². The summed E-state index contributed by atoms with van der Waals surface area (Å²) in [6.07, 6.45) is 10.7. The summed E-state index contributed by atoms with van der Waals surface area (Å²) >= 11 is 0. The first-order valence-corrected chi connectivity index (χ1v) is 11.5. The summed E-state index contributed by atoms with van der Waals surface area (Å²) in [5.41, 5.74) is 2.35. The van der Waals surface area contributed by atoms with Gasteiger partial charge in [-0.05, 0) is 69.5 Å². The molecule has 0 radical (unpaired) electrons. The molecule has 2 aliphatic rings. The lowest BCUT2D eigenvalue weighted by molar-refractivity contribution is 0.151. The molecule has 2 fully saturated rings. The number of likely N-dealkylation sites (tertiary alicyclic amines) is 1. The number of aryl methyl sites for hydroxylation is 1. The van der Waals surface area contributed by atoms with Crippen LogP contribution in [0.25, 0.3) is 22.0 Å². The van der Waals surface area contributed by atoms with Gasteiger partial charge in [-0.2, -0.15) is 0 Å². The van der Waals surface area contributed by atoms with E-state index in [4.69, 9.17) is 4.98 Å². The quantitative estimate of drug-likeness (QED) is 0.628. The molecule has 0 bridgehead atoms. The maximum atomic E-state index is 4.75. The maximum Gasteiger partial charge on any atom is 0.126 e. The van der Waals surface area contributed by atoms with Crippen molar-refractivity contribution >= 4 is 16.6 Å². The van der Waals surface area contributed by atoms with Crippen LogP contribution >= 0.6 is 0 Å². The van der Waals surface area contributed by atoms with Crippen LogP contribution in [-0.4, -0.2) is 44.6 Å². The van der Waals surface area contributed by atoms with Crippen LogP contribution in [0, 0.1) is 12.8 Å². The minimum absolute atomic E-state index is 0.499. The molecule has 0 amide bonds. The molecule has 1 aliphatic heterocycles. The Bertz CT molecular complexity index is 1040. The minimum atomic E-state index is 0.499. The first-order chi connectivity index (χ1) is 14.6. The number of pyridine rings is 1. The van der Waals surface area contributed by atoms with Gasteiger partial charge in [0.15, 0.2) is 0 Å². The summed E-state index contributed by atoms with van der Waals surface area (Å²) in [7, 11) is 2.07. The molecule has 1 saturated carbocycles. The number of aromatic nitrogens is 3. The Morgan fingerprint density at radius 3 is 2.67 bits per heavy atom. The highest BCUT2D eigenvalue weighted by Crippen LogP contribution is 2.35. The Balaban J connectivity index is 1.38. The lowest BCUT2D eigenvalue weighted by atomic mass is 10.0. The van der Waals surface area contributed by atoms with Crippen molar-refractivity contribution in [3.05, 3.63) is 42.5 Å². The Morgan fingerprint density at radius 2 is 1.93 bits per heavy atom. The summed E-state index contributed by atoms with van der Waals surface area (Å²) in [4.78, 5) is 11.9. The van der Waals surface area contributed by atoms with E-state index < -0.39 is 0 Å². The number of nitrogens with zero attached hydrogens (tertiary/aromatic N) is 4. The molecule has 158 valence electrons. The second-order valence-corrected chi connectivity index (χ2v) is 9.31. The highest BCUT2D eigenvalue weighted by molar-refractivity contribution is 5.88. The summed E-state index contributed by atoms with van der Waals surface area (Å²) in [5, 5.41) is 6.21. The van der Waals surface area contributed by atoms with Crippen molar-refractivity contribution in [2.24, 2.45) is 13.0 Å². The van der Waals surface area contributed by atoms with Crippen molar-refractivity contribution in [3.63, 3.8) is 0 Å². The van der Waals surface area contributed by atoms with E-state index in [9.17, 15) is 0 Å². The zero-order valence-corrected chi connectivity index (χ0v) is 18.4. The first-order valence-electron chi connectivity index (χ1n) is 11.5. The van der Waals surface area contributed by atoms with E-state index in [-0.39, 0.29) is 0 Å². The molecule has 30 heavy (non-hydrogen) atoms. The van der Waals surface area contributed by atoms with Crippen LogP contribution < -0.4 is 5.32 Å². The van der Waals surface area contributed by atoms with Gasteiger partial charge in [-0.25, -0.2) is 9.97 Å². The molecule has 3 aromatic rings. The Hall–Kier alpha value is -2.40. The normalized spacial score (nSPS) is 21.1. The molecule has 1 saturated heterocycles. The van der Waals surface area contributed by atoms with Crippen LogP contribution in [0.4, 0.5) is 5.82 Å². The van der Waals surface area contributed by atoms with Crippen molar-refractivity contribution < 1.29 is 0 Å². The molecule has 5 rings (SSSR count). The van der Waals surface area contributed by atoms with E-state index in [0.717, 1.165) is 29.8 Å². The van der Waals surface area contributed by atoms with Gasteiger partial charge in [-0.3, -0.25) is 4.90 Å². The largest absolute Gasteiger partial charge is 0.366 e. The first kappa shape index (κ1) is 19.6. The second-order valence-electron chi connectivity index (χ2n) is 9.31. The summed E-state index contributed by atoms with van der Waals surface area (Å²) in [5.74, 6) is 2.82. The SMILES string of the molecule is Cc1ncc(-c2ccc3cnc(NC(CN4CCCCC4C)C4CC4)cc3c2)n1C. The number of fused-ring (bicyclic) bond motifs is 1. The fourth-order valence-electron chi connectivity index (χ4n) is 4.83. The number of anilines is 1. The fraction of sp³-hybridized carbons (Fsp3) is 0.520. The molecule has 1 aromatic carbocycles. The van der Waals surface area contributed by atoms with Gasteiger partial charge in [-0.1, -0.05) is 18.6 Å². The van der Waals surface area contributed by atoms with E-state index in [0.29, 0.717) is 12.1 Å². The molecule has 2 unspecified atom stereocenters. The van der Waals surface area contributed by atoms with Crippen LogP contribution in [0.1, 0.15) is 44.9 Å². The average Bonchev–Trinajstić information content (AvgIpc) is 3.54. The molecule has 0 spiro atoms. The number of benzene rings is 1. The van der Waals surface area contributed by atoms with E-state index in [1.165, 1.54) is 55.0 Å². The monoisotopic (exact) mass is 403 g/mol. The van der Waals surface area contributed by atoms with Crippen LogP contribution in [0.3, 0.4) is 0 Å². The number of rotatable bonds is 6. The van der Waals surface area contributed by atoms with Crippen LogP contribution in [0.15, 0.2) is 36.7 Å². The predicted octanol–water partition coefficient (Wildman–Crippen LogP) is 5.01. The van der Waals surface area contributed by atoms with Crippen LogP contribution in [-0.2, 0) is 7.05 Å². The van der Waals surface area contributed by atoms with Crippen molar-refractivity contribution in [3.8, 4) is 11.3 Å². The number of imidazole rings is 1. The fourth-order valence-corrected chi connectivity index (χ4v) is 4.83. The van der Waals surface area contributed by atoms with E-state index in [2.05, 4.69) is 58.0 Å². The van der Waals surface area contributed by atoms with Gasteiger partial charge >= 0.3 is 0 Å². The van der Waals surface area contributed by atoms with Crippen molar-refractivity contribution in [2.45, 2.75) is 58.0 Å². The number of hydrogen-bond donors (Lipinski definition) is 1. The van der Waals surface area contributed by atoms with Gasteiger partial charge in [0.1, 0.15) is 11.6 Å². The Labute approximate surface area is 179 Å². The van der Waals surface area contributed by atoms with Gasteiger partial charge in [0.05, 0.1) is 11.9 Å². The van der Waals surface area contributed by atoms with Crippen molar-refractivity contribution in [2.75, 3.05) is 18.4 Å². The standard InChI is InChI=1S/C25H33N5/c1-17-6-4-5-11-30(17)16-23(19-7-8-19)28-25-13-22-12-20(9-10-21(22)14-27-25)24-15-26-18(2)29(24)3/h9-10,12-15,17,19,23H,4-8,11,16H2,1-3H3,(H,27,28). The summed E-state index contributed by atoms with van der Waals surface area (Å²) in [6, 6.07) is 10.0. The lowest BCUT2D eigenvalue weighted by Crippen LogP contribution is -2.45. The van der Waals surface area contributed by atoms with Gasteiger partial charge in [0.25, 0.3) is 0 Å². The smallest absolute Gasteiger partial charge is 0.126 e. The van der Waals surface area contributed by atoms with E-state index >= 15 is 0 Å². The van der Waals surface area contributed by atoms with Gasteiger partial charge in [0.2, 0.25) is 0 Å². The van der Waals surface area contributed by atoms with Crippen molar-refractivity contribution in [1.29, 1.82) is 0 Å². The van der Waals surface area contributed by atoms with Crippen LogP contribution in [0.2, 0.25) is 0 Å². The highest BCUT2D eigenvalue weighted by atomic mass is 15.2. The molecule has 2 aromatic heterocycles.